The number of hydrogen-bond donors (Lipinski definition) is 1. The van der Waals surface area contributed by atoms with E-state index in [0.29, 0.717) is 12.6 Å². The summed E-state index contributed by atoms with van der Waals surface area (Å²) in [5.41, 5.74) is 1.23. The minimum atomic E-state index is 0.601. The summed E-state index contributed by atoms with van der Waals surface area (Å²) in [6.45, 7) is 8.72. The maximum Gasteiger partial charge on any atom is 0.165 e. The number of nitrogens with zero attached hydrogens (tertiary/aromatic N) is 1. The third kappa shape index (κ3) is 4.62. The average molecular weight is 306 g/mol. The van der Waals surface area contributed by atoms with Crippen molar-refractivity contribution in [2.75, 3.05) is 33.4 Å². The van der Waals surface area contributed by atoms with Crippen LogP contribution in [0.5, 0.6) is 11.5 Å². The van der Waals surface area contributed by atoms with Gasteiger partial charge in [0.2, 0.25) is 0 Å². The number of nitrogens with one attached hydrogen (secondary N) is 1. The van der Waals surface area contributed by atoms with Gasteiger partial charge in [0.05, 0.1) is 13.2 Å². The average Bonchev–Trinajstić information content (AvgIpc) is 2.55. The van der Waals surface area contributed by atoms with Crippen molar-refractivity contribution in [3.05, 3.63) is 23.8 Å². The number of para-hydroxylation sites is 1. The fraction of sp³-hybridized carbons (Fsp3) is 0.667. The van der Waals surface area contributed by atoms with Crippen molar-refractivity contribution in [3.63, 3.8) is 0 Å². The zero-order chi connectivity index (χ0) is 15.8. The summed E-state index contributed by atoms with van der Waals surface area (Å²) in [5.74, 6) is 1.80. The summed E-state index contributed by atoms with van der Waals surface area (Å²) in [7, 11) is 2.06. The van der Waals surface area contributed by atoms with Crippen molar-refractivity contribution in [3.8, 4) is 11.5 Å². The van der Waals surface area contributed by atoms with Crippen LogP contribution in [0.4, 0.5) is 0 Å². The van der Waals surface area contributed by atoms with E-state index in [1.807, 2.05) is 13.0 Å². The van der Waals surface area contributed by atoms with Crippen LogP contribution in [0.2, 0.25) is 0 Å². The highest BCUT2D eigenvalue weighted by Gasteiger charge is 2.20. The summed E-state index contributed by atoms with van der Waals surface area (Å²) < 4.78 is 11.7. The first-order chi connectivity index (χ1) is 10.8. The Labute approximate surface area is 134 Å². The van der Waals surface area contributed by atoms with Gasteiger partial charge in [0.15, 0.2) is 11.5 Å². The number of likely N-dealkylation sites (tertiary alicyclic amines) is 1. The van der Waals surface area contributed by atoms with Gasteiger partial charge >= 0.3 is 0 Å². The Morgan fingerprint density at radius 2 is 2.14 bits per heavy atom. The molecule has 1 aromatic carbocycles. The normalized spacial score (nSPS) is 19.1. The maximum atomic E-state index is 6.00. The highest BCUT2D eigenvalue weighted by Crippen LogP contribution is 2.33. The fourth-order valence-electron chi connectivity index (χ4n) is 3.00. The molecular weight excluding hydrogens is 276 g/mol. The Morgan fingerprint density at radius 3 is 2.86 bits per heavy atom. The number of ether oxygens (including phenoxy) is 2. The van der Waals surface area contributed by atoms with Crippen molar-refractivity contribution in [2.45, 2.75) is 45.7 Å². The fourth-order valence-corrected chi connectivity index (χ4v) is 3.00. The van der Waals surface area contributed by atoms with Crippen LogP contribution in [0.3, 0.4) is 0 Å². The molecule has 124 valence electrons. The van der Waals surface area contributed by atoms with Crippen molar-refractivity contribution in [2.24, 2.45) is 0 Å². The van der Waals surface area contributed by atoms with Gasteiger partial charge in [-0.1, -0.05) is 19.1 Å². The van der Waals surface area contributed by atoms with E-state index in [0.717, 1.165) is 44.2 Å². The van der Waals surface area contributed by atoms with Crippen molar-refractivity contribution < 1.29 is 9.47 Å². The second-order valence-corrected chi connectivity index (χ2v) is 5.89. The summed E-state index contributed by atoms with van der Waals surface area (Å²) in [6, 6.07) is 6.84. The van der Waals surface area contributed by atoms with Gasteiger partial charge in [0, 0.05) is 24.7 Å². The SMILES string of the molecule is CCCOc1c(CN2CCCC(NC)C2)cccc1OCC. The largest absolute Gasteiger partial charge is 0.490 e. The molecule has 0 amide bonds. The molecule has 1 aliphatic heterocycles. The van der Waals surface area contributed by atoms with E-state index in [9.17, 15) is 0 Å². The predicted octanol–water partition coefficient (Wildman–Crippen LogP) is 3.06. The van der Waals surface area contributed by atoms with Crippen LogP contribution in [0.15, 0.2) is 18.2 Å². The summed E-state index contributed by atoms with van der Waals surface area (Å²) >= 11 is 0. The minimum Gasteiger partial charge on any atom is -0.490 e. The highest BCUT2D eigenvalue weighted by molar-refractivity contribution is 5.46. The second kappa shape index (κ2) is 9.01. The first kappa shape index (κ1) is 17.1. The molecule has 0 aliphatic carbocycles. The lowest BCUT2D eigenvalue weighted by atomic mass is 10.0. The van der Waals surface area contributed by atoms with E-state index in [4.69, 9.17) is 9.47 Å². The third-order valence-corrected chi connectivity index (χ3v) is 4.12. The number of benzene rings is 1. The number of piperidine rings is 1. The molecule has 1 saturated heterocycles. The Balaban J connectivity index is 2.12. The lowest BCUT2D eigenvalue weighted by molar-refractivity contribution is 0.184. The van der Waals surface area contributed by atoms with Crippen LogP contribution in [-0.2, 0) is 6.54 Å². The molecule has 4 nitrogen and oxygen atoms in total. The molecule has 0 aromatic heterocycles. The molecular formula is C18H30N2O2. The minimum absolute atomic E-state index is 0.601. The zero-order valence-electron chi connectivity index (χ0n) is 14.2. The summed E-state index contributed by atoms with van der Waals surface area (Å²) in [5, 5.41) is 3.40. The van der Waals surface area contributed by atoms with E-state index in [-0.39, 0.29) is 0 Å². The lowest BCUT2D eigenvalue weighted by Gasteiger charge is -2.33. The van der Waals surface area contributed by atoms with Crippen LogP contribution < -0.4 is 14.8 Å². The quantitative estimate of drug-likeness (QED) is 0.800. The molecule has 1 heterocycles. The van der Waals surface area contributed by atoms with E-state index in [1.54, 1.807) is 0 Å². The van der Waals surface area contributed by atoms with Crippen LogP contribution in [0.1, 0.15) is 38.7 Å². The lowest BCUT2D eigenvalue weighted by Crippen LogP contribution is -2.43. The molecule has 0 bridgehead atoms. The predicted molar refractivity (Wildman–Crippen MR) is 90.8 cm³/mol. The Bertz CT molecular complexity index is 451. The molecule has 1 aliphatic rings. The monoisotopic (exact) mass is 306 g/mol. The van der Waals surface area contributed by atoms with Crippen LogP contribution in [0, 0.1) is 0 Å². The van der Waals surface area contributed by atoms with Gasteiger partial charge in [-0.05, 0) is 45.8 Å². The molecule has 22 heavy (non-hydrogen) atoms. The summed E-state index contributed by atoms with van der Waals surface area (Å²) in [6.07, 6.45) is 3.53. The number of likely N-dealkylation sites (N-methyl/N-ethyl adjacent to an activating group) is 1. The molecule has 0 saturated carbocycles. The smallest absolute Gasteiger partial charge is 0.165 e. The molecule has 2 rings (SSSR count). The first-order valence-electron chi connectivity index (χ1n) is 8.55. The topological polar surface area (TPSA) is 33.7 Å². The van der Waals surface area contributed by atoms with E-state index in [1.165, 1.54) is 18.4 Å². The Hall–Kier alpha value is -1.26. The summed E-state index contributed by atoms with van der Waals surface area (Å²) in [4.78, 5) is 2.51. The molecule has 1 atom stereocenters. The van der Waals surface area contributed by atoms with E-state index < -0.39 is 0 Å². The van der Waals surface area contributed by atoms with Crippen molar-refractivity contribution in [1.82, 2.24) is 10.2 Å². The Morgan fingerprint density at radius 1 is 1.27 bits per heavy atom. The molecule has 4 heteroatoms. The molecule has 1 aromatic rings. The molecule has 1 fully saturated rings. The van der Waals surface area contributed by atoms with Crippen LogP contribution in [-0.4, -0.2) is 44.3 Å². The maximum absolute atomic E-state index is 6.00. The van der Waals surface area contributed by atoms with Gasteiger partial charge in [-0.2, -0.15) is 0 Å². The van der Waals surface area contributed by atoms with Gasteiger partial charge < -0.3 is 14.8 Å². The molecule has 1 unspecified atom stereocenters. The van der Waals surface area contributed by atoms with Gasteiger partial charge in [-0.15, -0.1) is 0 Å². The van der Waals surface area contributed by atoms with Gasteiger partial charge in [0.25, 0.3) is 0 Å². The number of hydrogen-bond acceptors (Lipinski definition) is 4. The van der Waals surface area contributed by atoms with Crippen molar-refractivity contribution in [1.29, 1.82) is 0 Å². The van der Waals surface area contributed by atoms with Gasteiger partial charge in [-0.3, -0.25) is 4.90 Å². The molecule has 1 N–H and O–H groups in total. The van der Waals surface area contributed by atoms with Crippen LogP contribution >= 0.6 is 0 Å². The standard InChI is InChI=1S/C18H30N2O2/c1-4-12-22-18-15(8-6-10-17(18)21-5-2)13-20-11-7-9-16(14-20)19-3/h6,8,10,16,19H,4-5,7,9,11-14H2,1-3H3. The zero-order valence-corrected chi connectivity index (χ0v) is 14.2. The third-order valence-electron chi connectivity index (χ3n) is 4.12. The molecule has 0 radical (unpaired) electrons. The van der Waals surface area contributed by atoms with E-state index >= 15 is 0 Å². The van der Waals surface area contributed by atoms with Crippen molar-refractivity contribution >= 4 is 0 Å². The highest BCUT2D eigenvalue weighted by atomic mass is 16.5. The molecule has 0 spiro atoms. The Kier molecular flexibility index (Phi) is 7.00. The second-order valence-electron chi connectivity index (χ2n) is 5.89. The van der Waals surface area contributed by atoms with Gasteiger partial charge in [0.1, 0.15) is 0 Å². The van der Waals surface area contributed by atoms with E-state index in [2.05, 4.69) is 36.3 Å². The van der Waals surface area contributed by atoms with Crippen LogP contribution in [0.25, 0.3) is 0 Å². The van der Waals surface area contributed by atoms with Gasteiger partial charge in [-0.25, -0.2) is 0 Å². The number of rotatable bonds is 8. The first-order valence-corrected chi connectivity index (χ1v) is 8.55.